The van der Waals surface area contributed by atoms with Crippen LogP contribution in [0.1, 0.15) is 38.2 Å². The van der Waals surface area contributed by atoms with Crippen LogP contribution in [0.5, 0.6) is 0 Å². The smallest absolute Gasteiger partial charge is 0.222 e. The molecule has 0 saturated carbocycles. The van der Waals surface area contributed by atoms with E-state index in [0.717, 1.165) is 18.6 Å². The van der Waals surface area contributed by atoms with Crippen LogP contribution in [-0.4, -0.2) is 29.5 Å². The molecule has 0 aliphatic carbocycles. The molecular formula is C21H22F2N2O2. The van der Waals surface area contributed by atoms with Gasteiger partial charge in [-0.05, 0) is 30.5 Å². The topological polar surface area (TPSA) is 44.2 Å². The molecule has 1 aliphatic rings. The van der Waals surface area contributed by atoms with Gasteiger partial charge in [0.05, 0.1) is 18.8 Å². The molecule has 0 bridgehead atoms. The van der Waals surface area contributed by atoms with Crippen molar-refractivity contribution in [2.45, 2.75) is 38.9 Å². The Balaban J connectivity index is 1.54. The highest BCUT2D eigenvalue weighted by atomic mass is 19.2. The van der Waals surface area contributed by atoms with Gasteiger partial charge in [0.1, 0.15) is 0 Å². The molecule has 2 aromatic rings. The van der Waals surface area contributed by atoms with Crippen LogP contribution >= 0.6 is 0 Å². The van der Waals surface area contributed by atoms with E-state index in [-0.39, 0.29) is 0 Å². The van der Waals surface area contributed by atoms with Crippen LogP contribution in [0.25, 0.3) is 11.4 Å². The second-order valence-corrected chi connectivity index (χ2v) is 6.55. The summed E-state index contributed by atoms with van der Waals surface area (Å²) in [7, 11) is 0. The monoisotopic (exact) mass is 372 g/mol. The van der Waals surface area contributed by atoms with Gasteiger partial charge < -0.3 is 9.47 Å². The lowest BCUT2D eigenvalue weighted by atomic mass is 10.0. The van der Waals surface area contributed by atoms with Gasteiger partial charge in [0.25, 0.3) is 0 Å². The summed E-state index contributed by atoms with van der Waals surface area (Å²) in [5.41, 5.74) is 1.00. The predicted octanol–water partition coefficient (Wildman–Crippen LogP) is 4.34. The molecule has 0 N–H and O–H groups in total. The molecule has 0 amide bonds. The van der Waals surface area contributed by atoms with Crippen molar-refractivity contribution in [2.75, 3.05) is 13.2 Å². The zero-order valence-corrected chi connectivity index (χ0v) is 15.3. The summed E-state index contributed by atoms with van der Waals surface area (Å²) in [4.78, 5) is 8.31. The first-order chi connectivity index (χ1) is 13.2. The minimum absolute atomic E-state index is 0.305. The van der Waals surface area contributed by atoms with Crippen LogP contribution < -0.4 is 0 Å². The molecule has 1 aliphatic heterocycles. The standard InChI is InChI=1S/C21H22F2N2O2/c1-2-3-4-5-16-13-26-20(27-14-16)9-6-15-11-24-21(25-12-15)17-7-8-18(22)19(23)10-17/h7-8,10-12,16,20H,2-5,13-14H2,1H3/t16-,20-. The summed E-state index contributed by atoms with van der Waals surface area (Å²) < 4.78 is 37.6. The van der Waals surface area contributed by atoms with Crippen molar-refractivity contribution >= 4 is 0 Å². The average Bonchev–Trinajstić information content (AvgIpc) is 2.70. The molecule has 3 rings (SSSR count). The van der Waals surface area contributed by atoms with Gasteiger partial charge in [-0.15, -0.1) is 0 Å². The minimum atomic E-state index is -0.931. The van der Waals surface area contributed by atoms with E-state index in [1.54, 1.807) is 0 Å². The van der Waals surface area contributed by atoms with E-state index in [0.29, 0.717) is 36.1 Å². The van der Waals surface area contributed by atoms with E-state index in [9.17, 15) is 8.78 Å². The van der Waals surface area contributed by atoms with Gasteiger partial charge >= 0.3 is 0 Å². The molecule has 1 aromatic carbocycles. The Kier molecular flexibility index (Phi) is 6.86. The van der Waals surface area contributed by atoms with Gasteiger partial charge in [0, 0.05) is 23.9 Å². The third-order valence-electron chi connectivity index (χ3n) is 4.35. The zero-order chi connectivity index (χ0) is 19.1. The quantitative estimate of drug-likeness (QED) is 0.578. The molecule has 1 fully saturated rings. The van der Waals surface area contributed by atoms with Crippen molar-refractivity contribution in [3.05, 3.63) is 47.8 Å². The number of hydrogen-bond acceptors (Lipinski definition) is 4. The summed E-state index contributed by atoms with van der Waals surface area (Å²) in [6, 6.07) is 3.55. The summed E-state index contributed by atoms with van der Waals surface area (Å²) in [5, 5.41) is 0. The maximum absolute atomic E-state index is 13.3. The molecule has 1 aromatic heterocycles. The fourth-order valence-electron chi connectivity index (χ4n) is 2.80. The first kappa shape index (κ1) is 19.4. The summed E-state index contributed by atoms with van der Waals surface area (Å²) in [6.07, 6.45) is 7.29. The molecule has 0 atom stereocenters. The van der Waals surface area contributed by atoms with Crippen molar-refractivity contribution in [3.8, 4) is 23.2 Å². The fraction of sp³-hybridized carbons (Fsp3) is 0.429. The van der Waals surface area contributed by atoms with Crippen LogP contribution in [0.15, 0.2) is 30.6 Å². The van der Waals surface area contributed by atoms with Crippen LogP contribution in [0.3, 0.4) is 0 Å². The van der Waals surface area contributed by atoms with Crippen LogP contribution in [0.4, 0.5) is 8.78 Å². The molecule has 1 saturated heterocycles. The summed E-state index contributed by atoms with van der Waals surface area (Å²) in [5.74, 6) is 4.75. The number of nitrogens with zero attached hydrogens (tertiary/aromatic N) is 2. The summed E-state index contributed by atoms with van der Waals surface area (Å²) in [6.45, 7) is 3.51. The molecule has 0 unspecified atom stereocenters. The van der Waals surface area contributed by atoms with Gasteiger partial charge in [-0.1, -0.05) is 32.1 Å². The number of halogens is 2. The fourth-order valence-corrected chi connectivity index (χ4v) is 2.80. The average molecular weight is 372 g/mol. The highest BCUT2D eigenvalue weighted by Crippen LogP contribution is 2.18. The van der Waals surface area contributed by atoms with E-state index >= 15 is 0 Å². The first-order valence-corrected chi connectivity index (χ1v) is 9.18. The Labute approximate surface area is 157 Å². The molecule has 2 heterocycles. The normalized spacial score (nSPS) is 19.4. The van der Waals surface area contributed by atoms with Crippen LogP contribution in [0.2, 0.25) is 0 Å². The number of benzene rings is 1. The number of aromatic nitrogens is 2. The third kappa shape index (κ3) is 5.56. The second kappa shape index (κ2) is 9.54. The number of rotatable bonds is 5. The van der Waals surface area contributed by atoms with Crippen molar-refractivity contribution in [1.29, 1.82) is 0 Å². The predicted molar refractivity (Wildman–Crippen MR) is 97.6 cm³/mol. The molecule has 0 spiro atoms. The van der Waals surface area contributed by atoms with Crippen LogP contribution in [0, 0.1) is 29.4 Å². The number of ether oxygens (including phenoxy) is 2. The van der Waals surface area contributed by atoms with Crippen LogP contribution in [-0.2, 0) is 9.47 Å². The van der Waals surface area contributed by atoms with Crippen molar-refractivity contribution in [3.63, 3.8) is 0 Å². The van der Waals surface area contributed by atoms with Gasteiger partial charge in [-0.2, -0.15) is 0 Å². The van der Waals surface area contributed by atoms with Crippen molar-refractivity contribution in [2.24, 2.45) is 5.92 Å². The first-order valence-electron chi connectivity index (χ1n) is 9.18. The molecule has 6 heteroatoms. The number of unbranched alkanes of at least 4 members (excludes halogenated alkanes) is 2. The highest BCUT2D eigenvalue weighted by Gasteiger charge is 2.20. The lowest BCUT2D eigenvalue weighted by Crippen LogP contribution is -2.31. The van der Waals surface area contributed by atoms with E-state index in [1.165, 1.54) is 37.7 Å². The van der Waals surface area contributed by atoms with E-state index in [2.05, 4.69) is 28.7 Å². The lowest BCUT2D eigenvalue weighted by molar-refractivity contribution is -0.170. The van der Waals surface area contributed by atoms with Gasteiger partial charge in [-0.3, -0.25) is 0 Å². The van der Waals surface area contributed by atoms with E-state index < -0.39 is 17.9 Å². The van der Waals surface area contributed by atoms with Gasteiger partial charge in [0.15, 0.2) is 17.5 Å². The largest absolute Gasteiger partial charge is 0.342 e. The zero-order valence-electron chi connectivity index (χ0n) is 15.3. The number of hydrogen-bond donors (Lipinski definition) is 0. The van der Waals surface area contributed by atoms with Crippen molar-refractivity contribution in [1.82, 2.24) is 9.97 Å². The van der Waals surface area contributed by atoms with E-state index in [4.69, 9.17) is 9.47 Å². The van der Waals surface area contributed by atoms with Gasteiger partial charge in [0.2, 0.25) is 6.29 Å². The Bertz CT molecular complexity index is 807. The van der Waals surface area contributed by atoms with Crippen molar-refractivity contribution < 1.29 is 18.3 Å². The molecule has 142 valence electrons. The third-order valence-corrected chi connectivity index (χ3v) is 4.35. The second-order valence-electron chi connectivity index (χ2n) is 6.55. The van der Waals surface area contributed by atoms with E-state index in [1.807, 2.05) is 0 Å². The SMILES string of the molecule is CCCCC[C@H]1CO[C@H](C#Cc2cnc(-c3ccc(F)c(F)c3)nc2)OC1. The molecule has 4 nitrogen and oxygen atoms in total. The highest BCUT2D eigenvalue weighted by molar-refractivity contribution is 5.55. The van der Waals surface area contributed by atoms with Gasteiger partial charge in [-0.25, -0.2) is 18.7 Å². The Hall–Kier alpha value is -2.36. The molecule has 0 radical (unpaired) electrons. The Morgan fingerprint density at radius 1 is 1.07 bits per heavy atom. The summed E-state index contributed by atoms with van der Waals surface area (Å²) >= 11 is 0. The molecular weight excluding hydrogens is 350 g/mol. The molecule has 27 heavy (non-hydrogen) atoms. The maximum atomic E-state index is 13.3. The minimum Gasteiger partial charge on any atom is -0.342 e. The Morgan fingerprint density at radius 2 is 1.81 bits per heavy atom. The Morgan fingerprint density at radius 3 is 2.48 bits per heavy atom. The lowest BCUT2D eigenvalue weighted by Gasteiger charge is -2.26. The maximum Gasteiger partial charge on any atom is 0.222 e.